The largest absolute Gasteiger partial charge is 0.349 e. The van der Waals surface area contributed by atoms with Crippen molar-refractivity contribution in [2.45, 2.75) is 19.9 Å². The highest BCUT2D eigenvalue weighted by molar-refractivity contribution is 5.78. The summed E-state index contributed by atoms with van der Waals surface area (Å²) in [7, 11) is 1.84. The normalized spacial score (nSPS) is 14.2. The zero-order valence-electron chi connectivity index (χ0n) is 10.0. The minimum atomic E-state index is -0.0192. The summed E-state index contributed by atoms with van der Waals surface area (Å²) in [6.45, 7) is 4.57. The molecule has 1 aromatic rings. The quantitative estimate of drug-likeness (QED) is 0.783. The molecule has 0 aromatic carbocycles. The van der Waals surface area contributed by atoms with Gasteiger partial charge < -0.3 is 10.6 Å². The second-order valence-corrected chi connectivity index (χ2v) is 3.97. The van der Waals surface area contributed by atoms with Gasteiger partial charge in [-0.3, -0.25) is 9.78 Å². The lowest BCUT2D eigenvalue weighted by Gasteiger charge is -2.17. The summed E-state index contributed by atoms with van der Waals surface area (Å²) in [6, 6.07) is 3.84. The third-order valence-electron chi connectivity index (χ3n) is 2.52. The molecule has 88 valence electrons. The first-order valence-corrected chi connectivity index (χ1v) is 5.50. The molecule has 1 rings (SSSR count). The van der Waals surface area contributed by atoms with Gasteiger partial charge in [-0.15, -0.1) is 0 Å². The Kier molecular flexibility index (Phi) is 4.92. The van der Waals surface area contributed by atoms with Gasteiger partial charge in [-0.2, -0.15) is 0 Å². The number of amides is 1. The SMILES string of the molecule is CNCC(C)C(=O)NC(C)c1ccncc1. The molecule has 1 heterocycles. The number of aromatic nitrogens is 1. The fourth-order valence-electron chi connectivity index (χ4n) is 1.49. The van der Waals surface area contributed by atoms with Crippen molar-refractivity contribution in [2.24, 2.45) is 5.92 Å². The maximum Gasteiger partial charge on any atom is 0.224 e. The van der Waals surface area contributed by atoms with Gasteiger partial charge in [-0.25, -0.2) is 0 Å². The van der Waals surface area contributed by atoms with Crippen molar-refractivity contribution in [3.8, 4) is 0 Å². The molecular weight excluding hydrogens is 202 g/mol. The third kappa shape index (κ3) is 3.62. The highest BCUT2D eigenvalue weighted by atomic mass is 16.1. The first-order valence-electron chi connectivity index (χ1n) is 5.50. The second kappa shape index (κ2) is 6.23. The molecule has 4 heteroatoms. The van der Waals surface area contributed by atoms with Crippen molar-refractivity contribution in [2.75, 3.05) is 13.6 Å². The number of carbonyl (C=O) groups is 1. The number of hydrogen-bond donors (Lipinski definition) is 2. The zero-order chi connectivity index (χ0) is 12.0. The molecule has 0 fully saturated rings. The number of nitrogens with zero attached hydrogens (tertiary/aromatic N) is 1. The molecule has 0 aliphatic carbocycles. The molecule has 0 aliphatic heterocycles. The fourth-order valence-corrected chi connectivity index (χ4v) is 1.49. The van der Waals surface area contributed by atoms with Crippen LogP contribution in [0.15, 0.2) is 24.5 Å². The lowest BCUT2D eigenvalue weighted by molar-refractivity contribution is -0.125. The molecule has 0 aliphatic rings. The van der Waals surface area contributed by atoms with Crippen molar-refractivity contribution in [1.29, 1.82) is 0 Å². The molecule has 2 N–H and O–H groups in total. The van der Waals surface area contributed by atoms with Crippen LogP contribution in [-0.4, -0.2) is 24.5 Å². The molecule has 0 radical (unpaired) electrons. The van der Waals surface area contributed by atoms with Crippen LogP contribution in [0.1, 0.15) is 25.5 Å². The highest BCUT2D eigenvalue weighted by Gasteiger charge is 2.14. The van der Waals surface area contributed by atoms with E-state index >= 15 is 0 Å². The number of nitrogens with one attached hydrogen (secondary N) is 2. The summed E-state index contributed by atoms with van der Waals surface area (Å²) in [6.07, 6.45) is 3.46. The lowest BCUT2D eigenvalue weighted by Crippen LogP contribution is -2.35. The van der Waals surface area contributed by atoms with E-state index < -0.39 is 0 Å². The number of pyridine rings is 1. The maximum atomic E-state index is 11.7. The Bertz CT molecular complexity index is 326. The Morgan fingerprint density at radius 3 is 2.56 bits per heavy atom. The smallest absolute Gasteiger partial charge is 0.224 e. The molecule has 4 nitrogen and oxygen atoms in total. The van der Waals surface area contributed by atoms with Crippen LogP contribution in [0.25, 0.3) is 0 Å². The minimum Gasteiger partial charge on any atom is -0.349 e. The molecular formula is C12H19N3O. The van der Waals surface area contributed by atoms with Crippen LogP contribution in [0.2, 0.25) is 0 Å². The molecule has 1 amide bonds. The van der Waals surface area contributed by atoms with Gasteiger partial charge in [0.1, 0.15) is 0 Å². The van der Waals surface area contributed by atoms with Crippen LogP contribution in [0.4, 0.5) is 0 Å². The van der Waals surface area contributed by atoms with Gasteiger partial charge in [0.25, 0.3) is 0 Å². The minimum absolute atomic E-state index is 0.0192. The molecule has 2 unspecified atom stereocenters. The summed E-state index contributed by atoms with van der Waals surface area (Å²) in [5.74, 6) is 0.0490. The van der Waals surface area contributed by atoms with Crippen LogP contribution in [0.3, 0.4) is 0 Å². The van der Waals surface area contributed by atoms with Crippen molar-refractivity contribution in [3.63, 3.8) is 0 Å². The van der Waals surface area contributed by atoms with E-state index in [1.54, 1.807) is 12.4 Å². The monoisotopic (exact) mass is 221 g/mol. The predicted octanol–water partition coefficient (Wildman–Crippen LogP) is 1.11. The van der Waals surface area contributed by atoms with Crippen LogP contribution in [0.5, 0.6) is 0 Å². The summed E-state index contributed by atoms with van der Waals surface area (Å²) in [5, 5.41) is 5.96. The van der Waals surface area contributed by atoms with Gasteiger partial charge in [0.2, 0.25) is 5.91 Å². The molecule has 0 saturated carbocycles. The van der Waals surface area contributed by atoms with Gasteiger partial charge in [-0.05, 0) is 31.7 Å². The molecule has 1 aromatic heterocycles. The fraction of sp³-hybridized carbons (Fsp3) is 0.500. The van der Waals surface area contributed by atoms with Gasteiger partial charge in [0.15, 0.2) is 0 Å². The Balaban J connectivity index is 2.51. The van der Waals surface area contributed by atoms with E-state index in [1.807, 2.05) is 33.0 Å². The summed E-state index contributed by atoms with van der Waals surface area (Å²) < 4.78 is 0. The number of hydrogen-bond acceptors (Lipinski definition) is 3. The van der Waals surface area contributed by atoms with Gasteiger partial charge in [-0.1, -0.05) is 6.92 Å². The second-order valence-electron chi connectivity index (χ2n) is 3.97. The summed E-state index contributed by atoms with van der Waals surface area (Å²) in [4.78, 5) is 15.7. The van der Waals surface area contributed by atoms with Crippen molar-refractivity contribution in [1.82, 2.24) is 15.6 Å². The lowest BCUT2D eigenvalue weighted by atomic mass is 10.1. The van der Waals surface area contributed by atoms with E-state index in [0.717, 1.165) is 5.56 Å². The van der Waals surface area contributed by atoms with Gasteiger partial charge >= 0.3 is 0 Å². The molecule has 0 saturated heterocycles. The molecule has 2 atom stereocenters. The van der Waals surface area contributed by atoms with E-state index in [0.29, 0.717) is 6.54 Å². The Labute approximate surface area is 96.5 Å². The van der Waals surface area contributed by atoms with E-state index in [9.17, 15) is 4.79 Å². The Morgan fingerprint density at radius 1 is 1.38 bits per heavy atom. The van der Waals surface area contributed by atoms with E-state index in [4.69, 9.17) is 0 Å². The van der Waals surface area contributed by atoms with Gasteiger partial charge in [0, 0.05) is 24.9 Å². The van der Waals surface area contributed by atoms with E-state index in [-0.39, 0.29) is 17.9 Å². The van der Waals surface area contributed by atoms with Crippen LogP contribution < -0.4 is 10.6 Å². The highest BCUT2D eigenvalue weighted by Crippen LogP contribution is 2.10. The first kappa shape index (κ1) is 12.6. The standard InChI is InChI=1S/C12H19N3O/c1-9(8-13-3)12(16)15-10(2)11-4-6-14-7-5-11/h4-7,9-10,13H,8H2,1-3H3,(H,15,16). The molecule has 0 bridgehead atoms. The number of rotatable bonds is 5. The van der Waals surface area contributed by atoms with Crippen molar-refractivity contribution >= 4 is 5.91 Å². The molecule has 16 heavy (non-hydrogen) atoms. The van der Waals surface area contributed by atoms with Crippen LogP contribution in [-0.2, 0) is 4.79 Å². The Hall–Kier alpha value is -1.42. The van der Waals surface area contributed by atoms with Crippen molar-refractivity contribution in [3.05, 3.63) is 30.1 Å². The van der Waals surface area contributed by atoms with E-state index in [2.05, 4.69) is 15.6 Å². The maximum absolute atomic E-state index is 11.7. The third-order valence-corrected chi connectivity index (χ3v) is 2.52. The average Bonchev–Trinajstić information content (AvgIpc) is 2.30. The van der Waals surface area contributed by atoms with Gasteiger partial charge in [0.05, 0.1) is 6.04 Å². The predicted molar refractivity (Wildman–Crippen MR) is 63.9 cm³/mol. The average molecular weight is 221 g/mol. The first-order chi connectivity index (χ1) is 7.65. The topological polar surface area (TPSA) is 54.0 Å². The van der Waals surface area contributed by atoms with Crippen LogP contribution >= 0.6 is 0 Å². The van der Waals surface area contributed by atoms with E-state index in [1.165, 1.54) is 0 Å². The summed E-state index contributed by atoms with van der Waals surface area (Å²) in [5.41, 5.74) is 1.07. The number of carbonyl (C=O) groups excluding carboxylic acids is 1. The van der Waals surface area contributed by atoms with Crippen molar-refractivity contribution < 1.29 is 4.79 Å². The Morgan fingerprint density at radius 2 is 2.00 bits per heavy atom. The summed E-state index contributed by atoms with van der Waals surface area (Å²) >= 11 is 0. The molecule has 0 spiro atoms. The van der Waals surface area contributed by atoms with Crippen LogP contribution in [0, 0.1) is 5.92 Å². The zero-order valence-corrected chi connectivity index (χ0v) is 10.0.